The van der Waals surface area contributed by atoms with Gasteiger partial charge in [-0.2, -0.15) is 0 Å². The molecule has 2 atom stereocenters. The first-order valence-electron chi connectivity index (χ1n) is 11.0. The fourth-order valence-electron chi connectivity index (χ4n) is 3.16. The zero-order chi connectivity index (χ0) is 23.0. The van der Waals surface area contributed by atoms with Crippen LogP contribution in [-0.4, -0.2) is 35.7 Å². The summed E-state index contributed by atoms with van der Waals surface area (Å²) in [5.74, 6) is -0.277. The first-order chi connectivity index (χ1) is 14.5. The Morgan fingerprint density at radius 1 is 1.03 bits per heavy atom. The lowest BCUT2D eigenvalue weighted by Gasteiger charge is -2.26. The molecule has 0 aromatic heterocycles. The molecular formula is C24H36N2O5. The molecule has 0 bridgehead atoms. The predicted octanol–water partition coefficient (Wildman–Crippen LogP) is 3.95. The fraction of sp³-hybridized carbons (Fsp3) is 0.625. The third kappa shape index (κ3) is 9.85. The van der Waals surface area contributed by atoms with E-state index in [0.717, 1.165) is 18.4 Å². The smallest absolute Gasteiger partial charge is 0.408 e. The Hall–Kier alpha value is -2.57. The van der Waals surface area contributed by atoms with Gasteiger partial charge in [0.2, 0.25) is 5.91 Å². The van der Waals surface area contributed by atoms with Crippen LogP contribution in [0.3, 0.4) is 0 Å². The Morgan fingerprint density at radius 2 is 1.68 bits per heavy atom. The first-order valence-corrected chi connectivity index (χ1v) is 11.0. The third-order valence-corrected chi connectivity index (χ3v) is 4.81. The van der Waals surface area contributed by atoms with E-state index in [0.29, 0.717) is 18.8 Å². The summed E-state index contributed by atoms with van der Waals surface area (Å²) in [7, 11) is 0. The van der Waals surface area contributed by atoms with Crippen LogP contribution in [0.25, 0.3) is 0 Å². The minimum absolute atomic E-state index is 0.155. The highest BCUT2D eigenvalue weighted by Gasteiger charge is 2.34. The Morgan fingerprint density at radius 3 is 2.23 bits per heavy atom. The molecule has 1 aliphatic carbocycles. The van der Waals surface area contributed by atoms with Gasteiger partial charge in [0.1, 0.15) is 24.3 Å². The summed E-state index contributed by atoms with van der Waals surface area (Å²) in [5.41, 5.74) is 0.218. The van der Waals surface area contributed by atoms with E-state index >= 15 is 0 Å². The van der Waals surface area contributed by atoms with Crippen molar-refractivity contribution < 1.29 is 23.9 Å². The van der Waals surface area contributed by atoms with Crippen LogP contribution < -0.4 is 10.6 Å². The van der Waals surface area contributed by atoms with Gasteiger partial charge in [-0.15, -0.1) is 0 Å². The van der Waals surface area contributed by atoms with Crippen molar-refractivity contribution in [2.24, 2.45) is 11.8 Å². The van der Waals surface area contributed by atoms with Gasteiger partial charge in [0, 0.05) is 0 Å². The Labute approximate surface area is 185 Å². The molecule has 7 heteroatoms. The van der Waals surface area contributed by atoms with Gasteiger partial charge >= 0.3 is 12.1 Å². The normalized spacial score (nSPS) is 15.7. The highest BCUT2D eigenvalue weighted by molar-refractivity contribution is 5.89. The molecule has 0 aliphatic heterocycles. The van der Waals surface area contributed by atoms with Crippen LogP contribution >= 0.6 is 0 Å². The number of esters is 1. The topological polar surface area (TPSA) is 93.7 Å². The molecule has 31 heavy (non-hydrogen) atoms. The molecule has 0 heterocycles. The highest BCUT2D eigenvalue weighted by Crippen LogP contribution is 2.33. The van der Waals surface area contributed by atoms with Crippen molar-refractivity contribution in [2.45, 2.75) is 84.6 Å². The van der Waals surface area contributed by atoms with E-state index in [4.69, 9.17) is 9.47 Å². The van der Waals surface area contributed by atoms with Gasteiger partial charge in [0.05, 0.1) is 0 Å². The largest absolute Gasteiger partial charge is 0.459 e. The molecule has 2 amide bonds. The summed E-state index contributed by atoms with van der Waals surface area (Å²) in [6.07, 6.45) is 2.41. The molecule has 0 radical (unpaired) electrons. The number of carbonyl (C=O) groups excluding carboxylic acids is 3. The van der Waals surface area contributed by atoms with Gasteiger partial charge in [0.15, 0.2) is 0 Å². The number of hydrogen-bond donors (Lipinski definition) is 2. The lowest BCUT2D eigenvalue weighted by atomic mass is 10.0. The monoisotopic (exact) mass is 432 g/mol. The van der Waals surface area contributed by atoms with Crippen molar-refractivity contribution in [2.75, 3.05) is 0 Å². The average molecular weight is 433 g/mol. The lowest BCUT2D eigenvalue weighted by molar-refractivity contribution is -0.149. The Bertz CT molecular complexity index is 738. The number of amides is 2. The fourth-order valence-corrected chi connectivity index (χ4v) is 3.16. The average Bonchev–Trinajstić information content (AvgIpc) is 3.48. The van der Waals surface area contributed by atoms with Gasteiger partial charge in [-0.05, 0) is 51.0 Å². The quantitative estimate of drug-likeness (QED) is 0.546. The van der Waals surface area contributed by atoms with Crippen molar-refractivity contribution in [1.82, 2.24) is 10.6 Å². The molecular weight excluding hydrogens is 396 g/mol. The number of ether oxygens (including phenoxy) is 2. The van der Waals surface area contributed by atoms with Gasteiger partial charge in [-0.25, -0.2) is 9.59 Å². The van der Waals surface area contributed by atoms with Crippen LogP contribution in [0.1, 0.15) is 65.9 Å². The van der Waals surface area contributed by atoms with E-state index in [9.17, 15) is 14.4 Å². The number of benzene rings is 1. The third-order valence-electron chi connectivity index (χ3n) is 4.81. The molecule has 1 saturated carbocycles. The maximum absolute atomic E-state index is 13.0. The number of alkyl carbamates (subject to hydrolysis) is 1. The van der Waals surface area contributed by atoms with Gasteiger partial charge in [0.25, 0.3) is 0 Å². The molecule has 172 valence electrons. The number of hydrogen-bond acceptors (Lipinski definition) is 5. The van der Waals surface area contributed by atoms with Crippen LogP contribution in [-0.2, 0) is 25.7 Å². The summed E-state index contributed by atoms with van der Waals surface area (Å²) in [4.78, 5) is 37.9. The second-order valence-corrected chi connectivity index (χ2v) is 9.66. The maximum atomic E-state index is 13.0. The molecule has 0 saturated heterocycles. The van der Waals surface area contributed by atoms with E-state index < -0.39 is 35.7 Å². The first kappa shape index (κ1) is 24.7. The number of carbonyl (C=O) groups is 3. The number of nitrogens with one attached hydrogen (secondary N) is 2. The maximum Gasteiger partial charge on any atom is 0.408 e. The Balaban J connectivity index is 2.00. The van der Waals surface area contributed by atoms with Crippen molar-refractivity contribution in [3.05, 3.63) is 35.9 Å². The Kier molecular flexibility index (Phi) is 8.89. The van der Waals surface area contributed by atoms with E-state index in [2.05, 4.69) is 10.6 Å². The zero-order valence-electron chi connectivity index (χ0n) is 19.3. The molecule has 1 aliphatic rings. The van der Waals surface area contributed by atoms with Crippen LogP contribution in [0, 0.1) is 11.8 Å². The van der Waals surface area contributed by atoms with Crippen LogP contribution in [0.5, 0.6) is 0 Å². The molecule has 2 N–H and O–H groups in total. The van der Waals surface area contributed by atoms with Crippen molar-refractivity contribution in [3.8, 4) is 0 Å². The van der Waals surface area contributed by atoms with E-state index in [-0.39, 0.29) is 12.5 Å². The second-order valence-electron chi connectivity index (χ2n) is 9.66. The number of rotatable bonds is 10. The molecule has 1 fully saturated rings. The highest BCUT2D eigenvalue weighted by atomic mass is 16.6. The van der Waals surface area contributed by atoms with Crippen LogP contribution in [0.15, 0.2) is 30.3 Å². The molecule has 1 aromatic rings. The molecule has 0 unspecified atom stereocenters. The lowest BCUT2D eigenvalue weighted by Crippen LogP contribution is -2.53. The van der Waals surface area contributed by atoms with Gasteiger partial charge in [-0.3, -0.25) is 4.79 Å². The van der Waals surface area contributed by atoms with Crippen molar-refractivity contribution >= 4 is 18.0 Å². The second kappa shape index (κ2) is 11.2. The standard InChI is InChI=1S/C24H36N2O5/c1-16(2)13-19(26-23(29)31-24(3,4)5)21(27)25-20(14-17-11-12-17)22(28)30-15-18-9-7-6-8-10-18/h6-10,16-17,19-20H,11-15H2,1-5H3,(H,25,27)(H,26,29)/t19-,20+/m1/s1. The van der Waals surface area contributed by atoms with E-state index in [1.54, 1.807) is 20.8 Å². The van der Waals surface area contributed by atoms with Gasteiger partial charge < -0.3 is 20.1 Å². The summed E-state index contributed by atoms with van der Waals surface area (Å²) in [5, 5.41) is 5.46. The summed E-state index contributed by atoms with van der Waals surface area (Å²) in [6.45, 7) is 9.37. The molecule has 2 rings (SSSR count). The summed E-state index contributed by atoms with van der Waals surface area (Å²) >= 11 is 0. The predicted molar refractivity (Wildman–Crippen MR) is 118 cm³/mol. The van der Waals surface area contributed by atoms with E-state index in [1.807, 2.05) is 44.2 Å². The molecule has 7 nitrogen and oxygen atoms in total. The van der Waals surface area contributed by atoms with E-state index in [1.165, 1.54) is 0 Å². The summed E-state index contributed by atoms with van der Waals surface area (Å²) in [6, 6.07) is 7.89. The SMILES string of the molecule is CC(C)C[C@@H](NC(=O)OC(C)(C)C)C(=O)N[C@@H](CC1CC1)C(=O)OCc1ccccc1. The minimum Gasteiger partial charge on any atom is -0.459 e. The van der Waals surface area contributed by atoms with Crippen LogP contribution in [0.2, 0.25) is 0 Å². The minimum atomic E-state index is -0.793. The summed E-state index contributed by atoms with van der Waals surface area (Å²) < 4.78 is 10.8. The molecule has 0 spiro atoms. The van der Waals surface area contributed by atoms with Crippen molar-refractivity contribution in [3.63, 3.8) is 0 Å². The van der Waals surface area contributed by atoms with Crippen molar-refractivity contribution in [1.29, 1.82) is 0 Å². The van der Waals surface area contributed by atoms with Gasteiger partial charge in [-0.1, -0.05) is 57.0 Å². The van der Waals surface area contributed by atoms with Crippen LogP contribution in [0.4, 0.5) is 4.79 Å². The molecule has 1 aromatic carbocycles. The zero-order valence-corrected chi connectivity index (χ0v) is 19.3.